The van der Waals surface area contributed by atoms with Crippen LogP contribution in [0.25, 0.3) is 0 Å². The molecule has 0 bridgehead atoms. The predicted octanol–water partition coefficient (Wildman–Crippen LogP) is 1.33. The Balaban J connectivity index is 2.12. The maximum Gasteiger partial charge on any atom is 0.323 e. The van der Waals surface area contributed by atoms with Crippen molar-refractivity contribution < 1.29 is 24.2 Å². The van der Waals surface area contributed by atoms with Gasteiger partial charge < -0.3 is 19.5 Å². The number of hydrogen-bond acceptors (Lipinski definition) is 4. The standard InChI is InChI=1S/C16H21NO5/c1-21-14-5-3-2-4-12(14)10-15(18)17(11-16(19)20)13-6-8-22-9-7-13/h2-5,13H,6-11H2,1H3,(H,19,20). The lowest BCUT2D eigenvalue weighted by Gasteiger charge is -2.33. The van der Waals surface area contributed by atoms with Crippen LogP contribution in [0.15, 0.2) is 24.3 Å². The third-order valence-electron chi connectivity index (χ3n) is 3.79. The van der Waals surface area contributed by atoms with Crippen molar-refractivity contribution in [1.82, 2.24) is 4.90 Å². The van der Waals surface area contributed by atoms with Gasteiger partial charge in [-0.1, -0.05) is 18.2 Å². The number of rotatable bonds is 6. The van der Waals surface area contributed by atoms with Gasteiger partial charge in [-0.3, -0.25) is 9.59 Å². The molecule has 1 aliphatic rings. The first-order chi connectivity index (χ1) is 10.6. The number of carbonyl (C=O) groups excluding carboxylic acids is 1. The summed E-state index contributed by atoms with van der Waals surface area (Å²) in [5, 5.41) is 9.08. The van der Waals surface area contributed by atoms with Crippen molar-refractivity contribution in [2.75, 3.05) is 26.9 Å². The fourth-order valence-corrected chi connectivity index (χ4v) is 2.68. The number of nitrogens with zero attached hydrogens (tertiary/aromatic N) is 1. The highest BCUT2D eigenvalue weighted by Gasteiger charge is 2.27. The molecule has 0 saturated carbocycles. The van der Waals surface area contributed by atoms with Crippen LogP contribution in [0.2, 0.25) is 0 Å². The first-order valence-corrected chi connectivity index (χ1v) is 7.32. The molecule has 1 aromatic rings. The number of methoxy groups -OCH3 is 1. The van der Waals surface area contributed by atoms with Gasteiger partial charge in [-0.2, -0.15) is 0 Å². The van der Waals surface area contributed by atoms with Crippen molar-refractivity contribution >= 4 is 11.9 Å². The van der Waals surface area contributed by atoms with Gasteiger partial charge in [-0.25, -0.2) is 0 Å². The summed E-state index contributed by atoms with van der Waals surface area (Å²) in [4.78, 5) is 25.1. The van der Waals surface area contributed by atoms with Crippen molar-refractivity contribution in [3.8, 4) is 5.75 Å². The molecule has 6 nitrogen and oxygen atoms in total. The molecule has 1 fully saturated rings. The van der Waals surface area contributed by atoms with Crippen molar-refractivity contribution in [2.24, 2.45) is 0 Å². The number of hydrogen-bond donors (Lipinski definition) is 1. The molecule has 120 valence electrons. The van der Waals surface area contributed by atoms with E-state index in [-0.39, 0.29) is 24.9 Å². The third-order valence-corrected chi connectivity index (χ3v) is 3.79. The van der Waals surface area contributed by atoms with E-state index in [1.165, 1.54) is 4.90 Å². The Hall–Kier alpha value is -2.08. The fourth-order valence-electron chi connectivity index (χ4n) is 2.68. The molecular formula is C16H21NO5. The SMILES string of the molecule is COc1ccccc1CC(=O)N(CC(=O)O)C1CCOCC1. The van der Waals surface area contributed by atoms with Crippen LogP contribution in [0, 0.1) is 0 Å². The van der Waals surface area contributed by atoms with Gasteiger partial charge in [0.2, 0.25) is 5.91 Å². The van der Waals surface area contributed by atoms with Crippen LogP contribution >= 0.6 is 0 Å². The van der Waals surface area contributed by atoms with E-state index in [1.54, 1.807) is 13.2 Å². The van der Waals surface area contributed by atoms with Crippen LogP contribution in [0.3, 0.4) is 0 Å². The van der Waals surface area contributed by atoms with Crippen LogP contribution in [-0.4, -0.2) is 54.8 Å². The summed E-state index contributed by atoms with van der Waals surface area (Å²) in [6, 6.07) is 7.20. The second kappa shape index (κ2) is 7.79. The maximum atomic E-state index is 12.6. The Labute approximate surface area is 129 Å². The van der Waals surface area contributed by atoms with E-state index in [2.05, 4.69) is 0 Å². The smallest absolute Gasteiger partial charge is 0.323 e. The minimum atomic E-state index is -1.00. The van der Waals surface area contributed by atoms with Gasteiger partial charge in [0.25, 0.3) is 0 Å². The Morgan fingerprint density at radius 1 is 1.32 bits per heavy atom. The van der Waals surface area contributed by atoms with Gasteiger partial charge in [-0.05, 0) is 18.9 Å². The Morgan fingerprint density at radius 3 is 2.64 bits per heavy atom. The highest BCUT2D eigenvalue weighted by atomic mass is 16.5. The minimum Gasteiger partial charge on any atom is -0.496 e. The molecule has 2 rings (SSSR count). The molecule has 0 aromatic heterocycles. The molecule has 1 heterocycles. The average molecular weight is 307 g/mol. The molecule has 1 aromatic carbocycles. The molecule has 0 radical (unpaired) electrons. The molecule has 1 aliphatic heterocycles. The summed E-state index contributed by atoms with van der Waals surface area (Å²) >= 11 is 0. The molecule has 1 amide bonds. The maximum absolute atomic E-state index is 12.6. The van der Waals surface area contributed by atoms with Gasteiger partial charge in [-0.15, -0.1) is 0 Å². The van der Waals surface area contributed by atoms with Crippen molar-refractivity contribution in [3.63, 3.8) is 0 Å². The summed E-state index contributed by atoms with van der Waals surface area (Å²) in [6.07, 6.45) is 1.48. The normalized spacial score (nSPS) is 15.3. The number of carboxylic acid groups (broad SMARTS) is 1. The Morgan fingerprint density at radius 2 is 2.00 bits per heavy atom. The number of ether oxygens (including phenoxy) is 2. The summed E-state index contributed by atoms with van der Waals surface area (Å²) in [6.45, 7) is 0.837. The zero-order valence-corrected chi connectivity index (χ0v) is 12.7. The highest BCUT2D eigenvalue weighted by Crippen LogP contribution is 2.21. The van der Waals surface area contributed by atoms with Gasteiger partial charge in [0.05, 0.1) is 13.5 Å². The van der Waals surface area contributed by atoms with Gasteiger partial charge in [0, 0.05) is 24.8 Å². The number of aliphatic carboxylic acids is 1. The van der Waals surface area contributed by atoms with Crippen molar-refractivity contribution in [1.29, 1.82) is 0 Å². The number of para-hydroxylation sites is 1. The molecule has 6 heteroatoms. The van der Waals surface area contributed by atoms with Crippen LogP contribution in [0.4, 0.5) is 0 Å². The second-order valence-corrected chi connectivity index (χ2v) is 5.25. The number of carbonyl (C=O) groups is 2. The monoisotopic (exact) mass is 307 g/mol. The molecular weight excluding hydrogens is 286 g/mol. The number of amides is 1. The number of benzene rings is 1. The quantitative estimate of drug-likeness (QED) is 0.858. The van der Waals surface area contributed by atoms with E-state index >= 15 is 0 Å². The van der Waals surface area contributed by atoms with Crippen LogP contribution in [0.1, 0.15) is 18.4 Å². The van der Waals surface area contributed by atoms with Crippen molar-refractivity contribution in [2.45, 2.75) is 25.3 Å². The van der Waals surface area contributed by atoms with E-state index in [9.17, 15) is 9.59 Å². The predicted molar refractivity (Wildman–Crippen MR) is 79.9 cm³/mol. The van der Waals surface area contributed by atoms with E-state index in [1.807, 2.05) is 18.2 Å². The molecule has 1 N–H and O–H groups in total. The van der Waals surface area contributed by atoms with Crippen LogP contribution < -0.4 is 4.74 Å². The van der Waals surface area contributed by atoms with Gasteiger partial charge in [0.15, 0.2) is 0 Å². The molecule has 1 saturated heterocycles. The third kappa shape index (κ3) is 4.21. The molecule has 22 heavy (non-hydrogen) atoms. The first-order valence-electron chi connectivity index (χ1n) is 7.32. The summed E-state index contributed by atoms with van der Waals surface area (Å²) in [5.41, 5.74) is 0.762. The topological polar surface area (TPSA) is 76.1 Å². The minimum absolute atomic E-state index is 0.0768. The zero-order valence-electron chi connectivity index (χ0n) is 12.7. The van der Waals surface area contributed by atoms with Crippen LogP contribution in [-0.2, 0) is 20.7 Å². The fraction of sp³-hybridized carbons (Fsp3) is 0.500. The molecule has 0 atom stereocenters. The van der Waals surface area contributed by atoms with Crippen molar-refractivity contribution in [3.05, 3.63) is 29.8 Å². The van der Waals surface area contributed by atoms with Crippen LogP contribution in [0.5, 0.6) is 5.75 Å². The lowest BCUT2D eigenvalue weighted by atomic mass is 10.0. The van der Waals surface area contributed by atoms with E-state index < -0.39 is 5.97 Å². The van der Waals surface area contributed by atoms with E-state index in [0.717, 1.165) is 5.56 Å². The lowest BCUT2D eigenvalue weighted by molar-refractivity contribution is -0.147. The highest BCUT2D eigenvalue weighted by molar-refractivity contribution is 5.83. The molecule has 0 aliphatic carbocycles. The van der Waals surface area contributed by atoms with Gasteiger partial charge in [0.1, 0.15) is 12.3 Å². The summed E-state index contributed by atoms with van der Waals surface area (Å²) < 4.78 is 10.5. The lowest BCUT2D eigenvalue weighted by Crippen LogP contribution is -2.46. The summed E-state index contributed by atoms with van der Waals surface area (Å²) in [7, 11) is 1.55. The number of carboxylic acids is 1. The largest absolute Gasteiger partial charge is 0.496 e. The molecule has 0 unspecified atom stereocenters. The van der Waals surface area contributed by atoms with E-state index in [4.69, 9.17) is 14.6 Å². The first kappa shape index (κ1) is 16.3. The van der Waals surface area contributed by atoms with Gasteiger partial charge >= 0.3 is 5.97 Å². The average Bonchev–Trinajstić information content (AvgIpc) is 2.53. The van der Waals surface area contributed by atoms with E-state index in [0.29, 0.717) is 31.8 Å². The Bertz CT molecular complexity index is 525. The second-order valence-electron chi connectivity index (χ2n) is 5.25. The molecule has 0 spiro atoms. The Kier molecular flexibility index (Phi) is 5.77. The zero-order chi connectivity index (χ0) is 15.9. The summed E-state index contributed by atoms with van der Waals surface area (Å²) in [5.74, 6) is -0.559.